The molecule has 0 aromatic carbocycles. The Hall–Kier alpha value is -0.0800. The summed E-state index contributed by atoms with van der Waals surface area (Å²) in [5.41, 5.74) is 0.550. The highest BCUT2D eigenvalue weighted by molar-refractivity contribution is 5.06. The molecule has 3 rings (SSSR count). The maximum Gasteiger partial charge on any atom is 0.0563 e. The maximum atomic E-state index is 10.3. The van der Waals surface area contributed by atoms with E-state index < -0.39 is 0 Å². The summed E-state index contributed by atoms with van der Waals surface area (Å²) in [5.74, 6) is 4.89. The minimum atomic E-state index is -0.108. The molecule has 0 aliphatic heterocycles. The van der Waals surface area contributed by atoms with Crippen molar-refractivity contribution < 1.29 is 5.11 Å². The lowest BCUT2D eigenvalue weighted by Crippen LogP contribution is -2.58. The van der Waals surface area contributed by atoms with Crippen LogP contribution in [0, 0.1) is 40.9 Å². The molecule has 3 fully saturated rings. The van der Waals surface area contributed by atoms with E-state index in [1.54, 1.807) is 0 Å². The summed E-state index contributed by atoms with van der Waals surface area (Å²) in [6.45, 7) is 9.52. The standard InChI is InChI=1S/C23H43NO/c1-6-22(25)16(3)13-17-8-7-9-19-18(17)14-21(24-5)20-12-15(2)10-11-23(19,20)4/h15-22,24-25H,6-14H2,1-5H3. The zero-order valence-electron chi connectivity index (χ0n) is 17.4. The molecule has 2 N–H and O–H groups in total. The first-order chi connectivity index (χ1) is 11.9. The van der Waals surface area contributed by atoms with Gasteiger partial charge in [0.1, 0.15) is 0 Å². The van der Waals surface area contributed by atoms with E-state index >= 15 is 0 Å². The third-order valence-electron chi connectivity index (χ3n) is 8.87. The molecule has 2 heteroatoms. The number of aliphatic hydroxyl groups is 1. The number of aliphatic hydroxyl groups excluding tert-OH is 1. The van der Waals surface area contributed by atoms with E-state index in [9.17, 15) is 5.11 Å². The van der Waals surface area contributed by atoms with E-state index in [2.05, 4.69) is 40.1 Å². The van der Waals surface area contributed by atoms with E-state index in [0.717, 1.165) is 36.0 Å². The van der Waals surface area contributed by atoms with Gasteiger partial charge in [0.15, 0.2) is 0 Å². The minimum absolute atomic E-state index is 0.108. The van der Waals surface area contributed by atoms with Gasteiger partial charge in [0.05, 0.1) is 6.10 Å². The lowest BCUT2D eigenvalue weighted by molar-refractivity contribution is -0.103. The summed E-state index contributed by atoms with van der Waals surface area (Å²) in [7, 11) is 2.20. The summed E-state index contributed by atoms with van der Waals surface area (Å²) in [5, 5.41) is 14.0. The summed E-state index contributed by atoms with van der Waals surface area (Å²) < 4.78 is 0. The average Bonchev–Trinajstić information content (AvgIpc) is 2.61. The third kappa shape index (κ3) is 3.68. The molecule has 25 heavy (non-hydrogen) atoms. The maximum absolute atomic E-state index is 10.3. The Bertz CT molecular complexity index is 438. The van der Waals surface area contributed by atoms with Gasteiger partial charge in [-0.15, -0.1) is 0 Å². The largest absolute Gasteiger partial charge is 0.393 e. The molecule has 0 bridgehead atoms. The molecule has 0 aromatic heterocycles. The molecule has 3 aliphatic carbocycles. The second kappa shape index (κ2) is 7.89. The predicted molar refractivity (Wildman–Crippen MR) is 106 cm³/mol. The van der Waals surface area contributed by atoms with Gasteiger partial charge in [-0.05, 0) is 86.5 Å². The summed E-state index contributed by atoms with van der Waals surface area (Å²) in [6, 6.07) is 0.709. The molecule has 0 heterocycles. The van der Waals surface area contributed by atoms with Gasteiger partial charge in [0.2, 0.25) is 0 Å². The third-order valence-corrected chi connectivity index (χ3v) is 8.87. The monoisotopic (exact) mass is 349 g/mol. The Morgan fingerprint density at radius 3 is 2.60 bits per heavy atom. The first-order valence-electron chi connectivity index (χ1n) is 11.3. The van der Waals surface area contributed by atoms with Gasteiger partial charge in [0, 0.05) is 6.04 Å². The average molecular weight is 350 g/mol. The fourth-order valence-corrected chi connectivity index (χ4v) is 7.29. The van der Waals surface area contributed by atoms with E-state index in [0.29, 0.717) is 17.4 Å². The molecule has 3 saturated carbocycles. The number of rotatable bonds is 5. The molecule has 2 nitrogen and oxygen atoms in total. The van der Waals surface area contributed by atoms with Crippen LogP contribution in [0.3, 0.4) is 0 Å². The van der Waals surface area contributed by atoms with Crippen molar-refractivity contribution in [3.63, 3.8) is 0 Å². The van der Waals surface area contributed by atoms with Gasteiger partial charge in [-0.2, -0.15) is 0 Å². The molecule has 3 aliphatic rings. The van der Waals surface area contributed by atoms with Gasteiger partial charge in [-0.1, -0.05) is 47.0 Å². The topological polar surface area (TPSA) is 32.3 Å². The fraction of sp³-hybridized carbons (Fsp3) is 1.00. The molecule has 9 unspecified atom stereocenters. The van der Waals surface area contributed by atoms with Crippen molar-refractivity contribution in [2.75, 3.05) is 7.05 Å². The van der Waals surface area contributed by atoms with Crippen LogP contribution in [-0.2, 0) is 0 Å². The van der Waals surface area contributed by atoms with Gasteiger partial charge in [-0.3, -0.25) is 0 Å². The lowest BCUT2D eigenvalue weighted by atomic mass is 9.45. The van der Waals surface area contributed by atoms with Crippen molar-refractivity contribution in [1.82, 2.24) is 5.32 Å². The zero-order valence-corrected chi connectivity index (χ0v) is 17.4. The minimum Gasteiger partial charge on any atom is -0.393 e. The van der Waals surface area contributed by atoms with Crippen LogP contribution in [0.5, 0.6) is 0 Å². The normalized spacial score (nSPS) is 46.8. The highest BCUT2D eigenvalue weighted by Gasteiger charge is 2.55. The number of fused-ring (bicyclic) bond motifs is 3. The molecule has 0 amide bonds. The Kier molecular flexibility index (Phi) is 6.21. The smallest absolute Gasteiger partial charge is 0.0563 e. The second-order valence-electron chi connectivity index (χ2n) is 10.3. The van der Waals surface area contributed by atoms with Crippen LogP contribution in [0.15, 0.2) is 0 Å². The summed E-state index contributed by atoms with van der Waals surface area (Å²) in [6.07, 6.45) is 12.0. The molecular weight excluding hydrogens is 306 g/mol. The summed E-state index contributed by atoms with van der Waals surface area (Å²) in [4.78, 5) is 0. The van der Waals surface area contributed by atoms with Crippen LogP contribution in [-0.4, -0.2) is 24.3 Å². The number of hydrogen-bond acceptors (Lipinski definition) is 2. The predicted octanol–water partition coefficient (Wildman–Crippen LogP) is 5.25. The quantitative estimate of drug-likeness (QED) is 0.710. The first-order valence-corrected chi connectivity index (χ1v) is 11.3. The Labute approximate surface area is 156 Å². The van der Waals surface area contributed by atoms with Crippen molar-refractivity contribution in [3.8, 4) is 0 Å². The Morgan fingerprint density at radius 1 is 1.16 bits per heavy atom. The second-order valence-corrected chi connectivity index (χ2v) is 10.3. The van der Waals surface area contributed by atoms with Crippen LogP contribution >= 0.6 is 0 Å². The summed E-state index contributed by atoms with van der Waals surface area (Å²) >= 11 is 0. The lowest BCUT2D eigenvalue weighted by Gasteiger charge is -2.61. The van der Waals surface area contributed by atoms with Gasteiger partial charge in [-0.25, -0.2) is 0 Å². The highest BCUT2D eigenvalue weighted by Crippen LogP contribution is 2.61. The fourth-order valence-electron chi connectivity index (χ4n) is 7.29. The van der Waals surface area contributed by atoms with Crippen molar-refractivity contribution in [2.45, 2.75) is 97.6 Å². The van der Waals surface area contributed by atoms with Crippen molar-refractivity contribution in [2.24, 2.45) is 40.9 Å². The molecule has 0 aromatic rings. The van der Waals surface area contributed by atoms with Crippen molar-refractivity contribution >= 4 is 0 Å². The van der Waals surface area contributed by atoms with Crippen LogP contribution in [0.2, 0.25) is 0 Å². The van der Waals surface area contributed by atoms with Crippen LogP contribution < -0.4 is 5.32 Å². The van der Waals surface area contributed by atoms with Crippen LogP contribution in [0.1, 0.15) is 85.5 Å². The molecule has 9 atom stereocenters. The molecule has 0 radical (unpaired) electrons. The first kappa shape index (κ1) is 19.7. The molecule has 0 spiro atoms. The molecular formula is C23H43NO. The van der Waals surface area contributed by atoms with E-state index in [-0.39, 0.29) is 6.10 Å². The number of hydrogen-bond donors (Lipinski definition) is 2. The Morgan fingerprint density at radius 2 is 1.92 bits per heavy atom. The van der Waals surface area contributed by atoms with Crippen LogP contribution in [0.25, 0.3) is 0 Å². The van der Waals surface area contributed by atoms with Crippen LogP contribution in [0.4, 0.5) is 0 Å². The van der Waals surface area contributed by atoms with Gasteiger partial charge in [0.25, 0.3) is 0 Å². The zero-order chi connectivity index (χ0) is 18.2. The van der Waals surface area contributed by atoms with Crippen molar-refractivity contribution in [1.29, 1.82) is 0 Å². The Balaban J connectivity index is 1.80. The molecule has 0 saturated heterocycles. The highest BCUT2D eigenvalue weighted by atomic mass is 16.3. The van der Waals surface area contributed by atoms with E-state index in [1.165, 1.54) is 51.4 Å². The van der Waals surface area contributed by atoms with Crippen molar-refractivity contribution in [3.05, 3.63) is 0 Å². The molecule has 146 valence electrons. The number of nitrogens with one attached hydrogen (secondary N) is 1. The van der Waals surface area contributed by atoms with Gasteiger partial charge < -0.3 is 10.4 Å². The SMILES string of the molecule is CCC(O)C(C)CC1CCCC2C1CC(NC)C1CC(C)CCC12C. The van der Waals surface area contributed by atoms with E-state index in [4.69, 9.17) is 0 Å². The van der Waals surface area contributed by atoms with Gasteiger partial charge >= 0.3 is 0 Å². The van der Waals surface area contributed by atoms with E-state index in [1.807, 2.05) is 0 Å².